The maximum atomic E-state index is 11.8. The third kappa shape index (κ3) is 4.27. The molecule has 3 N–H and O–H groups in total. The number of hydrazone groups is 1. The first-order valence-corrected chi connectivity index (χ1v) is 6.73. The molecule has 2 aromatic rings. The number of H-pyrrole nitrogens is 1. The number of rotatable bonds is 5. The molecule has 2 rings (SSSR count). The van der Waals surface area contributed by atoms with Crippen molar-refractivity contribution in [2.45, 2.75) is 13.8 Å². The van der Waals surface area contributed by atoms with E-state index in [4.69, 9.17) is 0 Å². The Morgan fingerprint density at radius 3 is 2.64 bits per heavy atom. The molecule has 7 heteroatoms. The van der Waals surface area contributed by atoms with E-state index in [0.717, 1.165) is 11.3 Å². The van der Waals surface area contributed by atoms with Crippen molar-refractivity contribution in [3.05, 3.63) is 53.1 Å². The monoisotopic (exact) mass is 299 g/mol. The number of aromatic amines is 1. The normalized spacial score (nSPS) is 10.6. The second-order valence-corrected chi connectivity index (χ2v) is 4.75. The first-order chi connectivity index (χ1) is 10.6. The summed E-state index contributed by atoms with van der Waals surface area (Å²) in [4.78, 5) is 30.3. The Bertz CT molecular complexity index is 688. The maximum Gasteiger partial charge on any atom is 0.259 e. The second-order valence-electron chi connectivity index (χ2n) is 4.75. The van der Waals surface area contributed by atoms with Crippen molar-refractivity contribution in [2.24, 2.45) is 5.10 Å². The van der Waals surface area contributed by atoms with Crippen LogP contribution < -0.4 is 10.7 Å². The standard InChI is InChI=1S/C15H17N5O2/c1-10-3-5-12(6-4-10)15(22)16-8-14(21)20-19-7-13-11(2)17-9-18-13/h3-7,9H,8H2,1-2H3,(H,16,22)(H,17,18)(H,20,21)/b19-7+. The summed E-state index contributed by atoms with van der Waals surface area (Å²) in [5.41, 5.74) is 5.40. The van der Waals surface area contributed by atoms with Crippen molar-refractivity contribution >= 4 is 18.0 Å². The maximum absolute atomic E-state index is 11.8. The average Bonchev–Trinajstić information content (AvgIpc) is 2.91. The third-order valence-corrected chi connectivity index (χ3v) is 2.97. The Morgan fingerprint density at radius 1 is 1.27 bits per heavy atom. The van der Waals surface area contributed by atoms with E-state index in [2.05, 4.69) is 25.8 Å². The lowest BCUT2D eigenvalue weighted by Gasteiger charge is -2.04. The number of nitrogens with zero attached hydrogens (tertiary/aromatic N) is 2. The van der Waals surface area contributed by atoms with Gasteiger partial charge >= 0.3 is 0 Å². The zero-order valence-electron chi connectivity index (χ0n) is 12.4. The molecule has 0 fully saturated rings. The topological polar surface area (TPSA) is 99.2 Å². The third-order valence-electron chi connectivity index (χ3n) is 2.97. The number of hydrogen-bond donors (Lipinski definition) is 3. The first-order valence-electron chi connectivity index (χ1n) is 6.73. The molecule has 1 aromatic carbocycles. The van der Waals surface area contributed by atoms with Crippen LogP contribution in [0.2, 0.25) is 0 Å². The summed E-state index contributed by atoms with van der Waals surface area (Å²) < 4.78 is 0. The van der Waals surface area contributed by atoms with E-state index in [1.165, 1.54) is 6.21 Å². The minimum absolute atomic E-state index is 0.149. The lowest BCUT2D eigenvalue weighted by atomic mass is 10.1. The molecule has 22 heavy (non-hydrogen) atoms. The number of nitrogens with one attached hydrogen (secondary N) is 3. The van der Waals surface area contributed by atoms with Gasteiger partial charge in [0, 0.05) is 11.3 Å². The van der Waals surface area contributed by atoms with Gasteiger partial charge in [0.2, 0.25) is 0 Å². The predicted molar refractivity (Wildman–Crippen MR) is 82.6 cm³/mol. The predicted octanol–water partition coefficient (Wildman–Crippen LogP) is 0.907. The molecule has 0 unspecified atom stereocenters. The molecule has 7 nitrogen and oxygen atoms in total. The van der Waals surface area contributed by atoms with Crippen molar-refractivity contribution < 1.29 is 9.59 Å². The number of aromatic nitrogens is 2. The van der Waals surface area contributed by atoms with E-state index in [9.17, 15) is 9.59 Å². The molecule has 0 atom stereocenters. The van der Waals surface area contributed by atoms with Crippen LogP contribution in [0.5, 0.6) is 0 Å². The van der Waals surface area contributed by atoms with Gasteiger partial charge in [-0.05, 0) is 26.0 Å². The van der Waals surface area contributed by atoms with Gasteiger partial charge in [-0.1, -0.05) is 17.7 Å². The number of carbonyl (C=O) groups is 2. The van der Waals surface area contributed by atoms with Gasteiger partial charge in [-0.15, -0.1) is 0 Å². The van der Waals surface area contributed by atoms with Crippen LogP contribution in [0.1, 0.15) is 27.3 Å². The van der Waals surface area contributed by atoms with Crippen molar-refractivity contribution in [3.63, 3.8) is 0 Å². The minimum atomic E-state index is -0.412. The SMILES string of the molecule is Cc1ccc(C(=O)NCC(=O)N/N=C/c2nc[nH]c2C)cc1. The Kier molecular flexibility index (Phi) is 5.02. The first kappa shape index (κ1) is 15.4. The smallest absolute Gasteiger partial charge is 0.259 e. The zero-order chi connectivity index (χ0) is 15.9. The van der Waals surface area contributed by atoms with Gasteiger partial charge in [-0.3, -0.25) is 9.59 Å². The van der Waals surface area contributed by atoms with Crippen LogP contribution in [0.3, 0.4) is 0 Å². The Balaban J connectivity index is 1.78. The van der Waals surface area contributed by atoms with Crippen LogP contribution in [0.4, 0.5) is 0 Å². The van der Waals surface area contributed by atoms with Crippen molar-refractivity contribution in [2.75, 3.05) is 6.54 Å². The van der Waals surface area contributed by atoms with Crippen molar-refractivity contribution in [1.82, 2.24) is 20.7 Å². The highest BCUT2D eigenvalue weighted by molar-refractivity contribution is 5.96. The Hall–Kier alpha value is -2.96. The van der Waals surface area contributed by atoms with E-state index in [1.807, 2.05) is 26.0 Å². The summed E-state index contributed by atoms with van der Waals surface area (Å²) in [7, 11) is 0. The Labute approximate surface area is 127 Å². The van der Waals surface area contributed by atoms with Gasteiger partial charge in [-0.25, -0.2) is 10.4 Å². The minimum Gasteiger partial charge on any atom is -0.348 e. The highest BCUT2D eigenvalue weighted by Crippen LogP contribution is 2.02. The highest BCUT2D eigenvalue weighted by atomic mass is 16.2. The number of amides is 2. The zero-order valence-corrected chi connectivity index (χ0v) is 12.4. The van der Waals surface area contributed by atoms with Crippen LogP contribution in [0, 0.1) is 13.8 Å². The summed E-state index contributed by atoms with van der Waals surface area (Å²) in [6.45, 7) is 3.63. The molecule has 0 saturated carbocycles. The molecule has 0 aliphatic rings. The van der Waals surface area contributed by atoms with Crippen LogP contribution in [-0.2, 0) is 4.79 Å². The van der Waals surface area contributed by atoms with Gasteiger partial charge in [0.25, 0.3) is 11.8 Å². The lowest BCUT2D eigenvalue weighted by molar-refractivity contribution is -0.120. The number of aryl methyl sites for hydroxylation is 2. The number of carbonyl (C=O) groups excluding carboxylic acids is 2. The molecule has 0 bridgehead atoms. The van der Waals surface area contributed by atoms with Gasteiger partial charge in [-0.2, -0.15) is 5.10 Å². The van der Waals surface area contributed by atoms with Crippen molar-refractivity contribution in [3.8, 4) is 0 Å². The van der Waals surface area contributed by atoms with Gasteiger partial charge in [0.05, 0.1) is 19.1 Å². The molecule has 1 aromatic heterocycles. The lowest BCUT2D eigenvalue weighted by Crippen LogP contribution is -2.34. The van der Waals surface area contributed by atoms with Gasteiger partial charge in [0.15, 0.2) is 0 Å². The van der Waals surface area contributed by atoms with E-state index in [-0.39, 0.29) is 12.5 Å². The Morgan fingerprint density at radius 2 is 2.00 bits per heavy atom. The van der Waals surface area contributed by atoms with Crippen LogP contribution >= 0.6 is 0 Å². The largest absolute Gasteiger partial charge is 0.348 e. The molecule has 114 valence electrons. The summed E-state index contributed by atoms with van der Waals surface area (Å²) in [6.07, 6.45) is 2.98. The molecular formula is C15H17N5O2. The molecular weight excluding hydrogens is 282 g/mol. The fourth-order valence-electron chi connectivity index (χ4n) is 1.67. The van der Waals surface area contributed by atoms with Crippen LogP contribution in [0.25, 0.3) is 0 Å². The summed E-state index contributed by atoms with van der Waals surface area (Å²) in [5, 5.41) is 6.31. The second kappa shape index (κ2) is 7.16. The van der Waals surface area contributed by atoms with Crippen LogP contribution in [-0.4, -0.2) is 34.5 Å². The molecule has 0 saturated heterocycles. The van der Waals surface area contributed by atoms with E-state index in [1.54, 1.807) is 18.5 Å². The fraction of sp³-hybridized carbons (Fsp3) is 0.200. The van der Waals surface area contributed by atoms with Crippen LogP contribution in [0.15, 0.2) is 35.7 Å². The van der Waals surface area contributed by atoms with Crippen molar-refractivity contribution in [1.29, 1.82) is 0 Å². The quantitative estimate of drug-likeness (QED) is 0.565. The summed E-state index contributed by atoms with van der Waals surface area (Å²) in [6, 6.07) is 7.10. The summed E-state index contributed by atoms with van der Waals surface area (Å²) >= 11 is 0. The van der Waals surface area contributed by atoms with Gasteiger partial charge in [0.1, 0.15) is 5.69 Å². The van der Waals surface area contributed by atoms with E-state index >= 15 is 0 Å². The highest BCUT2D eigenvalue weighted by Gasteiger charge is 2.07. The fourth-order valence-corrected chi connectivity index (χ4v) is 1.67. The van der Waals surface area contributed by atoms with E-state index in [0.29, 0.717) is 11.3 Å². The average molecular weight is 299 g/mol. The molecule has 0 aliphatic carbocycles. The number of hydrogen-bond acceptors (Lipinski definition) is 4. The molecule has 1 heterocycles. The molecule has 0 spiro atoms. The number of benzene rings is 1. The van der Waals surface area contributed by atoms with Gasteiger partial charge < -0.3 is 10.3 Å². The molecule has 0 radical (unpaired) electrons. The molecule has 0 aliphatic heterocycles. The van der Waals surface area contributed by atoms with E-state index < -0.39 is 5.91 Å². The number of imidazole rings is 1. The summed E-state index contributed by atoms with van der Waals surface area (Å²) in [5.74, 6) is -0.716. The molecule has 2 amide bonds.